The zero-order chi connectivity index (χ0) is 16.4. The lowest BCUT2D eigenvalue weighted by Gasteiger charge is -2.10. The molecule has 118 valence electrons. The van der Waals surface area contributed by atoms with Crippen molar-refractivity contribution < 1.29 is 9.50 Å². The smallest absolute Gasteiger partial charge is 0.264 e. The number of phenolic OH excluding ortho intramolecular Hbond substituents is 1. The molecule has 0 saturated heterocycles. The minimum absolute atomic E-state index is 0.0946. The van der Waals surface area contributed by atoms with Crippen molar-refractivity contribution in [1.82, 2.24) is 14.5 Å². The summed E-state index contributed by atoms with van der Waals surface area (Å²) >= 11 is 0. The summed E-state index contributed by atoms with van der Waals surface area (Å²) < 4.78 is 13.6. The molecule has 3 rings (SSSR count). The summed E-state index contributed by atoms with van der Waals surface area (Å²) in [5.74, 6) is 0.468. The Labute approximate surface area is 131 Å². The second-order valence-electron chi connectivity index (χ2n) is 5.05. The lowest BCUT2D eigenvalue weighted by molar-refractivity contribution is 0.476. The zero-order valence-electron chi connectivity index (χ0n) is 12.5. The molecule has 0 aliphatic rings. The van der Waals surface area contributed by atoms with Crippen molar-refractivity contribution in [3.05, 3.63) is 46.9 Å². The van der Waals surface area contributed by atoms with Crippen LogP contribution in [0.15, 0.2) is 41.3 Å². The van der Waals surface area contributed by atoms with Crippen LogP contribution in [0.3, 0.4) is 0 Å². The summed E-state index contributed by atoms with van der Waals surface area (Å²) in [4.78, 5) is 21.0. The van der Waals surface area contributed by atoms with Gasteiger partial charge in [-0.2, -0.15) is 0 Å². The van der Waals surface area contributed by atoms with Gasteiger partial charge in [0.2, 0.25) is 5.95 Å². The van der Waals surface area contributed by atoms with E-state index in [0.29, 0.717) is 22.7 Å². The molecule has 3 aromatic rings. The SMILES string of the molecule is Cn1c(NCCF)ncc(-c2ccc3cc(O)ccc3n2)c1=O. The lowest BCUT2D eigenvalue weighted by Crippen LogP contribution is -2.24. The fourth-order valence-corrected chi connectivity index (χ4v) is 2.31. The van der Waals surface area contributed by atoms with Crippen LogP contribution in [-0.4, -0.2) is 32.9 Å². The van der Waals surface area contributed by atoms with Crippen LogP contribution in [0.25, 0.3) is 22.2 Å². The molecule has 0 bridgehead atoms. The Hall–Kier alpha value is -2.96. The Morgan fingerprint density at radius 1 is 1.30 bits per heavy atom. The van der Waals surface area contributed by atoms with Gasteiger partial charge in [0, 0.05) is 25.2 Å². The molecule has 0 atom stereocenters. The molecule has 6 nitrogen and oxygen atoms in total. The van der Waals surface area contributed by atoms with E-state index in [4.69, 9.17) is 0 Å². The number of benzene rings is 1. The van der Waals surface area contributed by atoms with Gasteiger partial charge in [0.25, 0.3) is 5.56 Å². The van der Waals surface area contributed by atoms with E-state index in [2.05, 4.69) is 15.3 Å². The van der Waals surface area contributed by atoms with Crippen LogP contribution in [0, 0.1) is 0 Å². The highest BCUT2D eigenvalue weighted by atomic mass is 19.1. The molecule has 0 saturated carbocycles. The summed E-state index contributed by atoms with van der Waals surface area (Å²) in [6.07, 6.45) is 1.43. The van der Waals surface area contributed by atoms with E-state index in [1.54, 1.807) is 37.4 Å². The first kappa shape index (κ1) is 15.0. The van der Waals surface area contributed by atoms with E-state index in [1.807, 2.05) is 0 Å². The molecule has 7 heteroatoms. The predicted molar refractivity (Wildman–Crippen MR) is 86.3 cm³/mol. The third-order valence-electron chi connectivity index (χ3n) is 3.50. The van der Waals surface area contributed by atoms with Gasteiger partial charge in [-0.05, 0) is 24.3 Å². The van der Waals surface area contributed by atoms with Crippen molar-refractivity contribution in [1.29, 1.82) is 0 Å². The van der Waals surface area contributed by atoms with E-state index in [1.165, 1.54) is 10.8 Å². The zero-order valence-corrected chi connectivity index (χ0v) is 12.5. The number of aromatic nitrogens is 3. The van der Waals surface area contributed by atoms with E-state index in [9.17, 15) is 14.3 Å². The molecule has 0 aliphatic carbocycles. The van der Waals surface area contributed by atoms with E-state index >= 15 is 0 Å². The molecule has 2 N–H and O–H groups in total. The Morgan fingerprint density at radius 2 is 2.13 bits per heavy atom. The van der Waals surface area contributed by atoms with Crippen LogP contribution >= 0.6 is 0 Å². The molecule has 23 heavy (non-hydrogen) atoms. The number of fused-ring (bicyclic) bond motifs is 1. The summed E-state index contributed by atoms with van der Waals surface area (Å²) in [5, 5.41) is 13.0. The normalized spacial score (nSPS) is 10.9. The fourth-order valence-electron chi connectivity index (χ4n) is 2.31. The first-order valence-corrected chi connectivity index (χ1v) is 7.06. The largest absolute Gasteiger partial charge is 0.508 e. The molecular weight excluding hydrogens is 299 g/mol. The Morgan fingerprint density at radius 3 is 2.91 bits per heavy atom. The van der Waals surface area contributed by atoms with E-state index in [-0.39, 0.29) is 17.9 Å². The Kier molecular flexibility index (Phi) is 3.92. The van der Waals surface area contributed by atoms with Crippen molar-refractivity contribution in [3.63, 3.8) is 0 Å². The van der Waals surface area contributed by atoms with Crippen molar-refractivity contribution >= 4 is 16.9 Å². The second kappa shape index (κ2) is 6.04. The number of alkyl halides is 1. The van der Waals surface area contributed by atoms with Gasteiger partial charge in [0.1, 0.15) is 12.4 Å². The maximum atomic E-state index is 12.5. The summed E-state index contributed by atoms with van der Waals surface area (Å²) in [7, 11) is 1.57. The molecule has 0 unspecified atom stereocenters. The number of aromatic hydroxyl groups is 1. The topological polar surface area (TPSA) is 80.0 Å². The van der Waals surface area contributed by atoms with E-state index < -0.39 is 6.67 Å². The van der Waals surface area contributed by atoms with Gasteiger partial charge in [0.05, 0.1) is 16.8 Å². The number of anilines is 1. The number of rotatable bonds is 4. The summed E-state index contributed by atoms with van der Waals surface area (Å²) in [6, 6.07) is 8.32. The minimum Gasteiger partial charge on any atom is -0.508 e. The maximum absolute atomic E-state index is 12.5. The van der Waals surface area contributed by atoms with Crippen LogP contribution < -0.4 is 10.9 Å². The molecule has 0 amide bonds. The Balaban J connectivity index is 2.06. The highest BCUT2D eigenvalue weighted by Crippen LogP contribution is 2.22. The predicted octanol–water partition coefficient (Wildman–Crippen LogP) is 2.08. The van der Waals surface area contributed by atoms with Gasteiger partial charge in [-0.25, -0.2) is 14.4 Å². The molecule has 0 aliphatic heterocycles. The maximum Gasteiger partial charge on any atom is 0.264 e. The molecule has 2 aromatic heterocycles. The third-order valence-corrected chi connectivity index (χ3v) is 3.50. The average molecular weight is 314 g/mol. The number of hydrogen-bond acceptors (Lipinski definition) is 5. The summed E-state index contributed by atoms with van der Waals surface area (Å²) in [6.45, 7) is -0.450. The van der Waals surface area contributed by atoms with Gasteiger partial charge in [-0.3, -0.25) is 9.36 Å². The van der Waals surface area contributed by atoms with E-state index in [0.717, 1.165) is 5.39 Å². The molecule has 0 fully saturated rings. The Bertz CT molecular complexity index is 924. The first-order chi connectivity index (χ1) is 11.1. The van der Waals surface area contributed by atoms with Crippen LogP contribution in [0.1, 0.15) is 0 Å². The number of phenols is 1. The number of halogens is 1. The number of nitrogens with zero attached hydrogens (tertiary/aromatic N) is 3. The van der Waals surface area contributed by atoms with Gasteiger partial charge < -0.3 is 10.4 Å². The quantitative estimate of drug-likeness (QED) is 0.771. The van der Waals surface area contributed by atoms with Crippen molar-refractivity contribution in [3.8, 4) is 17.0 Å². The average Bonchev–Trinajstić information content (AvgIpc) is 2.56. The monoisotopic (exact) mass is 314 g/mol. The second-order valence-corrected chi connectivity index (χ2v) is 5.05. The molecule has 1 aromatic carbocycles. The van der Waals surface area contributed by atoms with Gasteiger partial charge in [-0.1, -0.05) is 6.07 Å². The number of hydrogen-bond donors (Lipinski definition) is 2. The van der Waals surface area contributed by atoms with Gasteiger partial charge in [0.15, 0.2) is 0 Å². The van der Waals surface area contributed by atoms with Crippen molar-refractivity contribution in [2.75, 3.05) is 18.5 Å². The highest BCUT2D eigenvalue weighted by molar-refractivity contribution is 5.82. The van der Waals surface area contributed by atoms with Gasteiger partial charge >= 0.3 is 0 Å². The fraction of sp³-hybridized carbons (Fsp3) is 0.188. The molecular formula is C16H15FN4O2. The van der Waals surface area contributed by atoms with Crippen molar-refractivity contribution in [2.24, 2.45) is 7.05 Å². The molecule has 0 spiro atoms. The molecule has 0 radical (unpaired) electrons. The van der Waals surface area contributed by atoms with Crippen LogP contribution in [0.5, 0.6) is 5.75 Å². The van der Waals surface area contributed by atoms with Crippen LogP contribution in [-0.2, 0) is 7.05 Å². The number of nitrogens with one attached hydrogen (secondary N) is 1. The van der Waals surface area contributed by atoms with Gasteiger partial charge in [-0.15, -0.1) is 0 Å². The highest BCUT2D eigenvalue weighted by Gasteiger charge is 2.11. The third kappa shape index (κ3) is 2.85. The molecule has 2 heterocycles. The number of pyridine rings is 1. The van der Waals surface area contributed by atoms with Crippen LogP contribution in [0.2, 0.25) is 0 Å². The van der Waals surface area contributed by atoms with Crippen LogP contribution in [0.4, 0.5) is 10.3 Å². The first-order valence-electron chi connectivity index (χ1n) is 7.06. The standard InChI is InChI=1S/C16H15FN4O2/c1-21-15(23)12(9-19-16(21)18-7-6-17)14-4-2-10-8-11(22)3-5-13(10)20-14/h2-5,8-9,22H,6-7H2,1H3,(H,18,19). The lowest BCUT2D eigenvalue weighted by atomic mass is 10.1. The van der Waals surface area contributed by atoms with Crippen molar-refractivity contribution in [2.45, 2.75) is 0 Å². The minimum atomic E-state index is -0.545. The summed E-state index contributed by atoms with van der Waals surface area (Å²) in [5.41, 5.74) is 1.25.